The number of aryl methyl sites for hydroxylation is 1. The first-order chi connectivity index (χ1) is 8.65. The van der Waals surface area contributed by atoms with Crippen molar-refractivity contribution in [3.05, 3.63) is 29.5 Å². The average molecular weight is 247 g/mol. The van der Waals surface area contributed by atoms with Gasteiger partial charge in [-0.25, -0.2) is 4.39 Å². The Kier molecular flexibility index (Phi) is 2.82. The first-order valence-corrected chi connectivity index (χ1v) is 6.41. The number of likely N-dealkylation sites (tertiary alicyclic amines) is 1. The molecule has 0 amide bonds. The van der Waals surface area contributed by atoms with Crippen molar-refractivity contribution in [1.82, 2.24) is 15.1 Å². The van der Waals surface area contributed by atoms with Gasteiger partial charge in [0, 0.05) is 17.8 Å². The van der Waals surface area contributed by atoms with E-state index in [9.17, 15) is 4.39 Å². The molecule has 4 heteroatoms. The van der Waals surface area contributed by atoms with Crippen molar-refractivity contribution in [2.24, 2.45) is 0 Å². The van der Waals surface area contributed by atoms with Crippen molar-refractivity contribution in [2.75, 3.05) is 20.1 Å². The van der Waals surface area contributed by atoms with Crippen LogP contribution in [0.4, 0.5) is 4.39 Å². The molecule has 3 rings (SSSR count). The van der Waals surface area contributed by atoms with Crippen LogP contribution in [-0.2, 0) is 0 Å². The molecular formula is C14H18FN3. The fourth-order valence-electron chi connectivity index (χ4n) is 2.93. The zero-order valence-electron chi connectivity index (χ0n) is 10.8. The van der Waals surface area contributed by atoms with Gasteiger partial charge < -0.3 is 4.90 Å². The van der Waals surface area contributed by atoms with Gasteiger partial charge in [0.2, 0.25) is 0 Å². The summed E-state index contributed by atoms with van der Waals surface area (Å²) in [6.45, 7) is 3.56. The topological polar surface area (TPSA) is 31.9 Å². The quantitative estimate of drug-likeness (QED) is 0.840. The van der Waals surface area contributed by atoms with E-state index in [4.69, 9.17) is 0 Å². The van der Waals surface area contributed by atoms with Crippen LogP contribution in [-0.4, -0.2) is 41.4 Å². The molecule has 1 aliphatic heterocycles. The van der Waals surface area contributed by atoms with Gasteiger partial charge >= 0.3 is 0 Å². The van der Waals surface area contributed by atoms with Crippen molar-refractivity contribution in [3.8, 4) is 0 Å². The minimum absolute atomic E-state index is 0.0221. The first-order valence-electron chi connectivity index (χ1n) is 6.41. The maximum atomic E-state index is 14.2. The molecule has 1 saturated heterocycles. The lowest BCUT2D eigenvalue weighted by Crippen LogP contribution is -2.38. The van der Waals surface area contributed by atoms with Crippen LogP contribution in [0.5, 0.6) is 0 Å². The molecule has 0 spiro atoms. The summed E-state index contributed by atoms with van der Waals surface area (Å²) in [5.74, 6) is 0.0221. The van der Waals surface area contributed by atoms with Crippen LogP contribution < -0.4 is 0 Å². The number of halogens is 1. The standard InChI is InChI=1S/C14H18FN3/c1-9-5-10-7-16-17-14(10)6-12(9)11-3-4-18(2)8-13(11)15/h5-7,11,13H,3-4,8H2,1-2H3,(H,16,17). The van der Waals surface area contributed by atoms with E-state index in [-0.39, 0.29) is 5.92 Å². The summed E-state index contributed by atoms with van der Waals surface area (Å²) in [6, 6.07) is 4.17. The zero-order valence-corrected chi connectivity index (χ0v) is 10.8. The van der Waals surface area contributed by atoms with Crippen LogP contribution in [0.25, 0.3) is 10.9 Å². The molecule has 0 saturated carbocycles. The summed E-state index contributed by atoms with van der Waals surface area (Å²) in [7, 11) is 1.98. The average Bonchev–Trinajstić information content (AvgIpc) is 2.75. The molecule has 1 aromatic heterocycles. The van der Waals surface area contributed by atoms with E-state index >= 15 is 0 Å². The number of hydrogen-bond donors (Lipinski definition) is 1. The molecule has 0 bridgehead atoms. The molecule has 3 nitrogen and oxygen atoms in total. The van der Waals surface area contributed by atoms with Crippen molar-refractivity contribution in [1.29, 1.82) is 0 Å². The zero-order chi connectivity index (χ0) is 12.7. The highest BCUT2D eigenvalue weighted by Gasteiger charge is 2.29. The normalized spacial score (nSPS) is 25.7. The van der Waals surface area contributed by atoms with Gasteiger partial charge in [0.1, 0.15) is 6.17 Å². The summed E-state index contributed by atoms with van der Waals surface area (Å²) >= 11 is 0. The fraction of sp³-hybridized carbons (Fsp3) is 0.500. The molecule has 0 aliphatic carbocycles. The second-order valence-electron chi connectivity index (χ2n) is 5.34. The highest BCUT2D eigenvalue weighted by Crippen LogP contribution is 2.33. The molecule has 2 aromatic rings. The summed E-state index contributed by atoms with van der Waals surface area (Å²) in [5.41, 5.74) is 3.30. The second-order valence-corrected chi connectivity index (χ2v) is 5.34. The van der Waals surface area contributed by atoms with Crippen LogP contribution in [0.15, 0.2) is 18.3 Å². The highest BCUT2D eigenvalue weighted by molar-refractivity contribution is 5.79. The summed E-state index contributed by atoms with van der Waals surface area (Å²) in [4.78, 5) is 2.06. The van der Waals surface area contributed by atoms with Crippen molar-refractivity contribution >= 4 is 10.9 Å². The van der Waals surface area contributed by atoms with Crippen LogP contribution in [0.2, 0.25) is 0 Å². The summed E-state index contributed by atoms with van der Waals surface area (Å²) in [6.07, 6.45) is 1.93. The number of nitrogens with zero attached hydrogens (tertiary/aromatic N) is 2. The van der Waals surface area contributed by atoms with Gasteiger partial charge in [0.25, 0.3) is 0 Å². The number of rotatable bonds is 1. The van der Waals surface area contributed by atoms with E-state index < -0.39 is 6.17 Å². The molecule has 2 atom stereocenters. The van der Waals surface area contributed by atoms with Crippen LogP contribution >= 0.6 is 0 Å². The Balaban J connectivity index is 2.00. The van der Waals surface area contributed by atoms with Crippen LogP contribution in [0.1, 0.15) is 23.5 Å². The number of H-pyrrole nitrogens is 1. The van der Waals surface area contributed by atoms with Crippen LogP contribution in [0.3, 0.4) is 0 Å². The lowest BCUT2D eigenvalue weighted by Gasteiger charge is -2.33. The predicted molar refractivity (Wildman–Crippen MR) is 70.6 cm³/mol. The molecule has 1 aromatic carbocycles. The van der Waals surface area contributed by atoms with Crippen molar-refractivity contribution < 1.29 is 4.39 Å². The SMILES string of the molecule is Cc1cc2cn[nH]c2cc1C1CCN(C)CC1F. The smallest absolute Gasteiger partial charge is 0.120 e. The Hall–Kier alpha value is -1.42. The summed E-state index contributed by atoms with van der Waals surface area (Å²) in [5, 5.41) is 8.10. The third-order valence-corrected chi connectivity index (χ3v) is 3.97. The fourth-order valence-corrected chi connectivity index (χ4v) is 2.93. The van der Waals surface area contributed by atoms with E-state index in [1.165, 1.54) is 5.56 Å². The first kappa shape index (κ1) is 11.7. The largest absolute Gasteiger partial charge is 0.303 e. The van der Waals surface area contributed by atoms with Gasteiger partial charge in [-0.1, -0.05) is 0 Å². The summed E-state index contributed by atoms with van der Waals surface area (Å²) < 4.78 is 14.2. The van der Waals surface area contributed by atoms with Crippen LogP contribution in [0, 0.1) is 6.92 Å². The van der Waals surface area contributed by atoms with Crippen molar-refractivity contribution in [2.45, 2.75) is 25.4 Å². The second kappa shape index (κ2) is 4.35. The molecule has 1 aliphatic rings. The predicted octanol–water partition coefficient (Wildman–Crippen LogP) is 2.63. The molecule has 18 heavy (non-hydrogen) atoms. The van der Waals surface area contributed by atoms with E-state index in [2.05, 4.69) is 34.2 Å². The number of aromatic nitrogens is 2. The lowest BCUT2D eigenvalue weighted by molar-refractivity contribution is 0.139. The number of benzene rings is 1. The lowest BCUT2D eigenvalue weighted by atomic mass is 9.85. The maximum absolute atomic E-state index is 14.2. The Morgan fingerprint density at radius 1 is 1.44 bits per heavy atom. The van der Waals surface area contributed by atoms with Gasteiger partial charge in [-0.3, -0.25) is 5.10 Å². The van der Waals surface area contributed by atoms with E-state index in [1.807, 2.05) is 13.2 Å². The molecule has 2 heterocycles. The third-order valence-electron chi connectivity index (χ3n) is 3.97. The Bertz CT molecular complexity index is 563. The van der Waals surface area contributed by atoms with Gasteiger partial charge in [-0.05, 0) is 50.2 Å². The molecule has 0 radical (unpaired) electrons. The maximum Gasteiger partial charge on any atom is 0.120 e. The number of aromatic amines is 1. The molecule has 1 N–H and O–H groups in total. The molecule has 1 fully saturated rings. The molecular weight excluding hydrogens is 229 g/mol. The monoisotopic (exact) mass is 247 g/mol. The Morgan fingerprint density at radius 3 is 3.06 bits per heavy atom. The van der Waals surface area contributed by atoms with E-state index in [0.717, 1.165) is 29.4 Å². The van der Waals surface area contributed by atoms with Gasteiger partial charge in [-0.15, -0.1) is 0 Å². The number of fused-ring (bicyclic) bond motifs is 1. The minimum Gasteiger partial charge on any atom is -0.303 e. The number of nitrogens with one attached hydrogen (secondary N) is 1. The third kappa shape index (κ3) is 1.90. The van der Waals surface area contributed by atoms with Gasteiger partial charge in [0.15, 0.2) is 0 Å². The number of alkyl halides is 1. The van der Waals surface area contributed by atoms with Gasteiger partial charge in [-0.2, -0.15) is 5.10 Å². The molecule has 2 unspecified atom stereocenters. The van der Waals surface area contributed by atoms with Crippen molar-refractivity contribution in [3.63, 3.8) is 0 Å². The number of hydrogen-bond acceptors (Lipinski definition) is 2. The Labute approximate surface area is 106 Å². The van der Waals surface area contributed by atoms with E-state index in [0.29, 0.717) is 6.54 Å². The highest BCUT2D eigenvalue weighted by atomic mass is 19.1. The van der Waals surface area contributed by atoms with E-state index in [1.54, 1.807) is 0 Å². The number of piperidine rings is 1. The Morgan fingerprint density at radius 2 is 2.28 bits per heavy atom. The molecule has 96 valence electrons. The van der Waals surface area contributed by atoms with Gasteiger partial charge in [0.05, 0.1) is 11.7 Å². The minimum atomic E-state index is -0.775.